The Labute approximate surface area is 143 Å². The molecule has 3 nitrogen and oxygen atoms in total. The van der Waals surface area contributed by atoms with Crippen LogP contribution in [-0.2, 0) is 39.8 Å². The third-order valence-electron chi connectivity index (χ3n) is 2.85. The fourth-order valence-electron chi connectivity index (χ4n) is 1.81. The van der Waals surface area contributed by atoms with Crippen molar-refractivity contribution in [2.45, 2.75) is 6.92 Å². The van der Waals surface area contributed by atoms with Crippen molar-refractivity contribution in [1.82, 2.24) is 4.57 Å². The van der Waals surface area contributed by atoms with E-state index >= 15 is 0 Å². The molecule has 1 aromatic heterocycles. The third-order valence-corrected chi connectivity index (χ3v) is 2.85. The van der Waals surface area contributed by atoms with Crippen LogP contribution >= 0.6 is 0 Å². The molecule has 0 aliphatic heterocycles. The molecule has 2 rings (SSSR count). The molecule has 0 spiro atoms. The van der Waals surface area contributed by atoms with Crippen LogP contribution in [-0.4, -0.2) is 11.2 Å². The molecule has 0 saturated heterocycles. The smallest absolute Gasteiger partial charge is 0.197 e. The number of benzene rings is 1. The predicted octanol–water partition coefficient (Wildman–Crippen LogP) is 2.17. The Morgan fingerprint density at radius 3 is 2.60 bits per heavy atom. The SMILES string of the molecule is C#CCOc1ccc(-c2[c-]cc(C)c(=O)n2C)cc1.[Y]. The molecule has 1 heterocycles. The van der Waals surface area contributed by atoms with Crippen molar-refractivity contribution < 1.29 is 37.4 Å². The van der Waals surface area contributed by atoms with Gasteiger partial charge < -0.3 is 9.30 Å². The second-order valence-corrected chi connectivity index (χ2v) is 4.20. The number of nitrogens with zero attached hydrogens (tertiary/aromatic N) is 1. The summed E-state index contributed by atoms with van der Waals surface area (Å²) < 4.78 is 6.89. The molecule has 2 aromatic rings. The second-order valence-electron chi connectivity index (χ2n) is 4.20. The summed E-state index contributed by atoms with van der Waals surface area (Å²) in [5.41, 5.74) is 2.33. The van der Waals surface area contributed by atoms with E-state index in [0.717, 1.165) is 11.3 Å². The van der Waals surface area contributed by atoms with Crippen LogP contribution in [0.3, 0.4) is 0 Å². The van der Waals surface area contributed by atoms with Gasteiger partial charge in [0.25, 0.3) is 0 Å². The first-order valence-corrected chi connectivity index (χ1v) is 5.88. The van der Waals surface area contributed by atoms with E-state index in [1.165, 1.54) is 0 Å². The summed E-state index contributed by atoms with van der Waals surface area (Å²) in [6.45, 7) is 2.02. The first-order chi connectivity index (χ1) is 9.13. The van der Waals surface area contributed by atoms with Crippen LogP contribution in [0.15, 0.2) is 35.1 Å². The summed E-state index contributed by atoms with van der Waals surface area (Å²) in [5, 5.41) is 0. The van der Waals surface area contributed by atoms with Crippen molar-refractivity contribution in [3.8, 4) is 29.4 Å². The molecule has 1 radical (unpaired) electrons. The van der Waals surface area contributed by atoms with Crippen molar-refractivity contribution in [2.24, 2.45) is 7.05 Å². The van der Waals surface area contributed by atoms with Crippen LogP contribution in [0.5, 0.6) is 5.75 Å². The third kappa shape index (κ3) is 3.59. The normalized spacial score (nSPS) is 9.45. The molecule has 4 heteroatoms. The van der Waals surface area contributed by atoms with E-state index in [0.29, 0.717) is 11.3 Å². The van der Waals surface area contributed by atoms with Gasteiger partial charge in [0.2, 0.25) is 0 Å². The van der Waals surface area contributed by atoms with Gasteiger partial charge in [0, 0.05) is 39.8 Å². The molecule has 0 N–H and O–H groups in total. The Morgan fingerprint density at radius 1 is 1.35 bits per heavy atom. The zero-order valence-electron chi connectivity index (χ0n) is 11.5. The molecule has 0 aliphatic rings. The van der Waals surface area contributed by atoms with E-state index in [4.69, 9.17) is 11.2 Å². The Balaban J connectivity index is 0.00000200. The molecular weight excluding hydrogens is 327 g/mol. The first kappa shape index (κ1) is 16.7. The maximum atomic E-state index is 11.9. The van der Waals surface area contributed by atoms with Gasteiger partial charge >= 0.3 is 0 Å². The molecule has 0 aliphatic carbocycles. The van der Waals surface area contributed by atoms with Crippen molar-refractivity contribution in [3.05, 3.63) is 52.3 Å². The Morgan fingerprint density at radius 2 is 2.00 bits per heavy atom. The number of aromatic nitrogens is 1. The Hall–Kier alpha value is -1.37. The average molecular weight is 341 g/mol. The fraction of sp³-hybridized carbons (Fsp3) is 0.188. The van der Waals surface area contributed by atoms with E-state index in [1.807, 2.05) is 24.3 Å². The molecule has 0 amide bonds. The molecule has 0 saturated carbocycles. The number of hydrogen-bond donors (Lipinski definition) is 0. The summed E-state index contributed by atoms with van der Waals surface area (Å²) in [4.78, 5) is 11.9. The Kier molecular flexibility index (Phi) is 6.20. The quantitative estimate of drug-likeness (QED) is 0.633. The topological polar surface area (TPSA) is 31.2 Å². The summed E-state index contributed by atoms with van der Waals surface area (Å²) in [6.07, 6.45) is 5.13. The standard InChI is InChI=1S/C16H14NO2.Y/c1-4-11-19-14-8-6-13(7-9-14)15-10-5-12(2)16(18)17(15)3;/h1,5-9H,11H2,2-3H3;/q-1;. The molecule has 0 fully saturated rings. The van der Waals surface area contributed by atoms with Gasteiger partial charge in [0.15, 0.2) is 5.56 Å². The summed E-state index contributed by atoms with van der Waals surface area (Å²) >= 11 is 0. The summed E-state index contributed by atoms with van der Waals surface area (Å²) in [5.74, 6) is 3.12. The minimum Gasteiger partial charge on any atom is -0.481 e. The van der Waals surface area contributed by atoms with E-state index in [-0.39, 0.29) is 44.9 Å². The van der Waals surface area contributed by atoms with Crippen LogP contribution in [0.1, 0.15) is 5.56 Å². The number of terminal acetylenes is 1. The largest absolute Gasteiger partial charge is 0.481 e. The van der Waals surface area contributed by atoms with Crippen LogP contribution in [0.4, 0.5) is 0 Å². The van der Waals surface area contributed by atoms with E-state index in [1.54, 1.807) is 24.6 Å². The van der Waals surface area contributed by atoms with Gasteiger partial charge in [-0.3, -0.25) is 4.79 Å². The van der Waals surface area contributed by atoms with Gasteiger partial charge in [-0.05, 0) is 12.1 Å². The van der Waals surface area contributed by atoms with Gasteiger partial charge in [0.05, 0.1) is 0 Å². The van der Waals surface area contributed by atoms with Crippen molar-refractivity contribution in [1.29, 1.82) is 0 Å². The summed E-state index contributed by atoms with van der Waals surface area (Å²) in [6, 6.07) is 12.2. The van der Waals surface area contributed by atoms with Crippen molar-refractivity contribution >= 4 is 0 Å². The van der Waals surface area contributed by atoms with Crippen LogP contribution in [0.2, 0.25) is 0 Å². The number of hydrogen-bond acceptors (Lipinski definition) is 2. The molecule has 0 bridgehead atoms. The van der Waals surface area contributed by atoms with Gasteiger partial charge in [-0.15, -0.1) is 18.6 Å². The number of pyridine rings is 1. The van der Waals surface area contributed by atoms with Gasteiger partial charge in [-0.1, -0.05) is 29.7 Å². The zero-order chi connectivity index (χ0) is 13.8. The molecular formula is C16H14NO2Y-. The van der Waals surface area contributed by atoms with Gasteiger partial charge in [0.1, 0.15) is 12.4 Å². The number of rotatable bonds is 3. The molecule has 1 aromatic carbocycles. The van der Waals surface area contributed by atoms with Gasteiger partial charge in [-0.25, -0.2) is 0 Å². The molecule has 99 valence electrons. The van der Waals surface area contributed by atoms with E-state index < -0.39 is 0 Å². The number of ether oxygens (including phenoxy) is 1. The minimum absolute atomic E-state index is 0. The fourth-order valence-corrected chi connectivity index (χ4v) is 1.81. The van der Waals surface area contributed by atoms with Crippen LogP contribution in [0.25, 0.3) is 11.3 Å². The minimum atomic E-state index is -0.0126. The maximum Gasteiger partial charge on any atom is 0.197 e. The van der Waals surface area contributed by atoms with Crippen molar-refractivity contribution in [2.75, 3.05) is 6.61 Å². The average Bonchev–Trinajstić information content (AvgIpc) is 2.44. The van der Waals surface area contributed by atoms with Crippen LogP contribution < -0.4 is 10.3 Å². The molecule has 0 atom stereocenters. The molecule has 20 heavy (non-hydrogen) atoms. The van der Waals surface area contributed by atoms with Crippen LogP contribution in [0, 0.1) is 25.3 Å². The summed E-state index contributed by atoms with van der Waals surface area (Å²) in [7, 11) is 1.74. The van der Waals surface area contributed by atoms with E-state index in [2.05, 4.69) is 12.0 Å². The molecule has 0 unspecified atom stereocenters. The van der Waals surface area contributed by atoms with Crippen molar-refractivity contribution in [3.63, 3.8) is 0 Å². The first-order valence-electron chi connectivity index (χ1n) is 5.88. The number of aryl methyl sites for hydroxylation is 1. The maximum absolute atomic E-state index is 11.9. The predicted molar refractivity (Wildman–Crippen MR) is 75.0 cm³/mol. The monoisotopic (exact) mass is 341 g/mol. The van der Waals surface area contributed by atoms with Gasteiger partial charge in [-0.2, -0.15) is 12.1 Å². The van der Waals surface area contributed by atoms with E-state index in [9.17, 15) is 4.79 Å². The second kappa shape index (κ2) is 7.43. The Bertz CT molecular complexity index is 681. The zero-order valence-corrected chi connectivity index (χ0v) is 14.4.